The summed E-state index contributed by atoms with van der Waals surface area (Å²) in [6.07, 6.45) is 2.35. The van der Waals surface area contributed by atoms with Gasteiger partial charge in [-0.05, 0) is 18.6 Å². The van der Waals surface area contributed by atoms with Crippen molar-refractivity contribution < 1.29 is 9.21 Å². The van der Waals surface area contributed by atoms with Crippen molar-refractivity contribution >= 4 is 5.78 Å². The number of ketones is 1. The van der Waals surface area contributed by atoms with Crippen molar-refractivity contribution in [1.82, 2.24) is 0 Å². The number of carbonyl (C=O) groups is 1. The van der Waals surface area contributed by atoms with Crippen LogP contribution in [-0.4, -0.2) is 5.78 Å². The van der Waals surface area contributed by atoms with Gasteiger partial charge in [0.2, 0.25) is 5.78 Å². The molecule has 1 aromatic heterocycles. The lowest BCUT2D eigenvalue weighted by atomic mass is 10.2. The quantitative estimate of drug-likeness (QED) is 0.474. The molecule has 0 saturated heterocycles. The molecule has 1 aromatic rings. The summed E-state index contributed by atoms with van der Waals surface area (Å²) >= 11 is 0. The van der Waals surface area contributed by atoms with Gasteiger partial charge in [0.05, 0.1) is 12.2 Å². The number of hydrogen-bond acceptors (Lipinski definition) is 2. The second-order valence-corrected chi connectivity index (χ2v) is 2.76. The maximum Gasteiger partial charge on any atom is 0.205 e. The highest BCUT2D eigenvalue weighted by molar-refractivity contribution is 5.99. The van der Waals surface area contributed by atoms with Gasteiger partial charge in [0.15, 0.2) is 5.76 Å². The van der Waals surface area contributed by atoms with Gasteiger partial charge < -0.3 is 4.42 Å². The maximum atomic E-state index is 11.3. The molecule has 2 nitrogen and oxygen atoms in total. The molecule has 1 heterocycles. The van der Waals surface area contributed by atoms with Crippen molar-refractivity contribution in [2.45, 2.75) is 6.42 Å². The highest BCUT2D eigenvalue weighted by Crippen LogP contribution is 2.38. The van der Waals surface area contributed by atoms with E-state index in [9.17, 15) is 4.79 Å². The Bertz CT molecular complexity index is 295. The highest BCUT2D eigenvalue weighted by atomic mass is 16.3. The van der Waals surface area contributed by atoms with E-state index in [-0.39, 0.29) is 11.7 Å². The number of rotatable bonds is 2. The fourth-order valence-electron chi connectivity index (χ4n) is 1.07. The molecule has 1 aliphatic carbocycles. The van der Waals surface area contributed by atoms with Crippen LogP contribution in [0, 0.1) is 5.92 Å². The van der Waals surface area contributed by atoms with Crippen LogP contribution in [-0.2, 0) is 0 Å². The van der Waals surface area contributed by atoms with E-state index in [0.717, 1.165) is 12.0 Å². The zero-order valence-electron chi connectivity index (χ0n) is 6.04. The Morgan fingerprint density at radius 1 is 1.73 bits per heavy atom. The third-order valence-corrected chi connectivity index (χ3v) is 1.88. The lowest BCUT2D eigenvalue weighted by molar-refractivity contribution is 0.0945. The summed E-state index contributed by atoms with van der Waals surface area (Å²) in [6.45, 7) is 3.72. The molecule has 1 atom stereocenters. The lowest BCUT2D eigenvalue weighted by Crippen LogP contribution is -1.98. The Kier molecular flexibility index (Phi) is 1.22. The molecule has 1 fully saturated rings. The van der Waals surface area contributed by atoms with Gasteiger partial charge in [-0.25, -0.2) is 0 Å². The van der Waals surface area contributed by atoms with Gasteiger partial charge in [-0.3, -0.25) is 4.79 Å². The van der Waals surface area contributed by atoms with Crippen LogP contribution in [0.15, 0.2) is 35.0 Å². The summed E-state index contributed by atoms with van der Waals surface area (Å²) < 4.78 is 4.95. The van der Waals surface area contributed by atoms with Crippen molar-refractivity contribution in [2.75, 3.05) is 0 Å². The zero-order valence-corrected chi connectivity index (χ0v) is 6.04. The van der Waals surface area contributed by atoms with E-state index < -0.39 is 0 Å². The van der Waals surface area contributed by atoms with E-state index in [1.54, 1.807) is 12.1 Å². The topological polar surface area (TPSA) is 30.2 Å². The summed E-state index contributed by atoms with van der Waals surface area (Å²) in [5.74, 6) is 0.565. The van der Waals surface area contributed by atoms with Crippen LogP contribution in [0.4, 0.5) is 0 Å². The van der Waals surface area contributed by atoms with Gasteiger partial charge in [-0.2, -0.15) is 0 Å². The van der Waals surface area contributed by atoms with Gasteiger partial charge in [0.25, 0.3) is 0 Å². The van der Waals surface area contributed by atoms with Crippen molar-refractivity contribution in [3.63, 3.8) is 0 Å². The molecule has 56 valence electrons. The summed E-state index contributed by atoms with van der Waals surface area (Å²) in [6, 6.07) is 3.41. The average molecular weight is 148 g/mol. The van der Waals surface area contributed by atoms with Crippen LogP contribution < -0.4 is 0 Å². The smallest absolute Gasteiger partial charge is 0.205 e. The normalized spacial score (nSPS) is 21.8. The Morgan fingerprint density at radius 3 is 2.91 bits per heavy atom. The maximum absolute atomic E-state index is 11.3. The van der Waals surface area contributed by atoms with E-state index in [1.165, 1.54) is 6.26 Å². The first-order valence-corrected chi connectivity index (χ1v) is 3.54. The monoisotopic (exact) mass is 148 g/mol. The highest BCUT2D eigenvalue weighted by Gasteiger charge is 2.36. The SMILES string of the molecule is C=C1CC1C(=O)c1ccco1. The number of carbonyl (C=O) groups excluding carboxylic acids is 1. The Hall–Kier alpha value is -1.31. The minimum Gasteiger partial charge on any atom is -0.461 e. The van der Waals surface area contributed by atoms with Crippen molar-refractivity contribution in [2.24, 2.45) is 5.92 Å². The summed E-state index contributed by atoms with van der Waals surface area (Å²) in [5, 5.41) is 0. The number of furan rings is 1. The Morgan fingerprint density at radius 2 is 2.45 bits per heavy atom. The van der Waals surface area contributed by atoms with Crippen LogP contribution in [0.5, 0.6) is 0 Å². The van der Waals surface area contributed by atoms with Gasteiger partial charge in [0, 0.05) is 0 Å². The molecular weight excluding hydrogens is 140 g/mol. The standard InChI is InChI=1S/C9H8O2/c1-6-5-7(6)9(10)8-3-2-4-11-8/h2-4,7H,1,5H2. The summed E-state index contributed by atoms with van der Waals surface area (Å²) in [5.41, 5.74) is 1.02. The van der Waals surface area contributed by atoms with Crippen LogP contribution in [0.25, 0.3) is 0 Å². The molecule has 0 bridgehead atoms. The van der Waals surface area contributed by atoms with E-state index in [1.807, 2.05) is 0 Å². The van der Waals surface area contributed by atoms with Gasteiger partial charge in [-0.15, -0.1) is 0 Å². The predicted molar refractivity (Wildman–Crippen MR) is 40.3 cm³/mol. The molecule has 2 rings (SSSR count). The Labute approximate surface area is 64.5 Å². The first kappa shape index (κ1) is 6.40. The van der Waals surface area contributed by atoms with E-state index in [0.29, 0.717) is 5.76 Å². The van der Waals surface area contributed by atoms with Crippen LogP contribution in [0.2, 0.25) is 0 Å². The summed E-state index contributed by atoms with van der Waals surface area (Å²) in [7, 11) is 0. The average Bonchev–Trinajstić information content (AvgIpc) is 2.56. The van der Waals surface area contributed by atoms with Crippen molar-refractivity contribution in [3.8, 4) is 0 Å². The number of Topliss-reactive ketones (excluding diaryl/α,β-unsaturated/α-hetero) is 1. The molecule has 0 aromatic carbocycles. The minimum absolute atomic E-state index is 0.0427. The minimum atomic E-state index is 0.0427. The van der Waals surface area contributed by atoms with Crippen LogP contribution in [0.1, 0.15) is 17.0 Å². The third-order valence-electron chi connectivity index (χ3n) is 1.88. The molecule has 2 heteroatoms. The van der Waals surface area contributed by atoms with E-state index in [2.05, 4.69) is 6.58 Å². The molecule has 1 saturated carbocycles. The van der Waals surface area contributed by atoms with Crippen LogP contribution >= 0.6 is 0 Å². The predicted octanol–water partition coefficient (Wildman–Crippen LogP) is 2.04. The molecule has 0 N–H and O–H groups in total. The fourth-order valence-corrected chi connectivity index (χ4v) is 1.07. The fraction of sp³-hybridized carbons (Fsp3) is 0.222. The second-order valence-electron chi connectivity index (χ2n) is 2.76. The van der Waals surface area contributed by atoms with E-state index in [4.69, 9.17) is 4.42 Å². The first-order chi connectivity index (χ1) is 5.29. The lowest BCUT2D eigenvalue weighted by Gasteiger charge is -1.88. The Balaban J connectivity index is 2.19. The molecular formula is C9H8O2. The molecule has 0 radical (unpaired) electrons. The molecule has 0 aliphatic heterocycles. The van der Waals surface area contributed by atoms with Gasteiger partial charge in [0.1, 0.15) is 0 Å². The van der Waals surface area contributed by atoms with Crippen molar-refractivity contribution in [3.05, 3.63) is 36.3 Å². The van der Waals surface area contributed by atoms with E-state index >= 15 is 0 Å². The number of hydrogen-bond donors (Lipinski definition) is 0. The molecule has 1 unspecified atom stereocenters. The van der Waals surface area contributed by atoms with Gasteiger partial charge >= 0.3 is 0 Å². The molecule has 1 aliphatic rings. The molecule has 0 amide bonds. The second kappa shape index (κ2) is 2.09. The van der Waals surface area contributed by atoms with Crippen LogP contribution in [0.3, 0.4) is 0 Å². The zero-order chi connectivity index (χ0) is 7.84. The van der Waals surface area contributed by atoms with Crippen molar-refractivity contribution in [1.29, 1.82) is 0 Å². The molecule has 11 heavy (non-hydrogen) atoms. The third kappa shape index (κ3) is 1.00. The largest absolute Gasteiger partial charge is 0.461 e. The first-order valence-electron chi connectivity index (χ1n) is 3.54. The molecule has 0 spiro atoms. The van der Waals surface area contributed by atoms with Gasteiger partial charge in [-0.1, -0.05) is 12.2 Å². The number of allylic oxidation sites excluding steroid dienone is 1. The summed E-state index contributed by atoms with van der Waals surface area (Å²) in [4.78, 5) is 11.3.